The molecule has 1 atom stereocenters. The van der Waals surface area contributed by atoms with Crippen LogP contribution in [0.15, 0.2) is 88.9 Å². The Kier molecular flexibility index (Phi) is 6.32. The van der Waals surface area contributed by atoms with E-state index in [1.54, 1.807) is 24.3 Å². The highest BCUT2D eigenvalue weighted by Crippen LogP contribution is 2.31. The fourth-order valence-corrected chi connectivity index (χ4v) is 4.55. The zero-order chi connectivity index (χ0) is 25.2. The predicted octanol–water partition coefficient (Wildman–Crippen LogP) is 4.48. The second-order valence-electron chi connectivity index (χ2n) is 7.65. The Morgan fingerprint density at radius 2 is 1.63 bits per heavy atom. The number of sulfonamides is 1. The average molecular weight is 498 g/mol. The van der Waals surface area contributed by atoms with Crippen molar-refractivity contribution in [3.05, 3.63) is 101 Å². The van der Waals surface area contributed by atoms with Crippen molar-refractivity contribution in [2.24, 2.45) is 5.10 Å². The van der Waals surface area contributed by atoms with Gasteiger partial charge in [0.15, 0.2) is 0 Å². The maximum Gasteiger partial charge on any atom is 0.416 e. The molecule has 0 fully saturated rings. The third-order valence-corrected chi connectivity index (χ3v) is 6.71. The fourth-order valence-electron chi connectivity index (χ4n) is 3.60. The van der Waals surface area contributed by atoms with Crippen LogP contribution in [0.2, 0.25) is 0 Å². The van der Waals surface area contributed by atoms with E-state index in [2.05, 4.69) is 5.10 Å². The van der Waals surface area contributed by atoms with E-state index in [0.717, 1.165) is 22.7 Å². The highest BCUT2D eigenvalue weighted by molar-refractivity contribution is 7.90. The summed E-state index contributed by atoms with van der Waals surface area (Å²) >= 11 is 0. The highest BCUT2D eigenvalue weighted by Gasteiger charge is 2.34. The van der Waals surface area contributed by atoms with E-state index in [1.807, 2.05) is 41.1 Å². The third kappa shape index (κ3) is 5.17. The van der Waals surface area contributed by atoms with Crippen molar-refractivity contribution >= 4 is 21.8 Å². The molecular formula is C24H17F3N4O3S. The van der Waals surface area contributed by atoms with Crippen molar-refractivity contribution in [1.82, 2.24) is 9.73 Å². The summed E-state index contributed by atoms with van der Waals surface area (Å²) in [5, 5.41) is 14.3. The molecule has 35 heavy (non-hydrogen) atoms. The molecule has 0 radical (unpaired) electrons. The number of hydrazone groups is 1. The number of urea groups is 1. The van der Waals surface area contributed by atoms with Gasteiger partial charge in [-0.25, -0.2) is 22.9 Å². The fraction of sp³-hybridized carbons (Fsp3) is 0.125. The van der Waals surface area contributed by atoms with E-state index in [-0.39, 0.29) is 12.5 Å². The first-order valence-electron chi connectivity index (χ1n) is 10.2. The number of rotatable bonds is 4. The van der Waals surface area contributed by atoms with Crippen LogP contribution in [0.3, 0.4) is 0 Å². The lowest BCUT2D eigenvalue weighted by Gasteiger charge is -2.16. The molecule has 0 saturated carbocycles. The number of benzene rings is 3. The minimum Gasteiger partial charge on any atom is -0.246 e. The topological polar surface area (TPSA) is 103 Å². The molecular weight excluding hydrogens is 481 g/mol. The Balaban J connectivity index is 1.60. The van der Waals surface area contributed by atoms with Crippen molar-refractivity contribution in [2.75, 3.05) is 6.54 Å². The highest BCUT2D eigenvalue weighted by atomic mass is 32.2. The van der Waals surface area contributed by atoms with Crippen LogP contribution in [-0.2, 0) is 16.2 Å². The quantitative estimate of drug-likeness (QED) is 0.573. The summed E-state index contributed by atoms with van der Waals surface area (Å²) in [5.41, 5.74) is 1.43. The lowest BCUT2D eigenvalue weighted by molar-refractivity contribution is -0.137. The number of alkyl halides is 3. The van der Waals surface area contributed by atoms with Gasteiger partial charge in [-0.1, -0.05) is 42.5 Å². The Morgan fingerprint density at radius 1 is 1.00 bits per heavy atom. The molecule has 1 heterocycles. The first-order valence-corrected chi connectivity index (χ1v) is 11.7. The van der Waals surface area contributed by atoms with Crippen molar-refractivity contribution in [3.63, 3.8) is 0 Å². The molecule has 0 aromatic heterocycles. The summed E-state index contributed by atoms with van der Waals surface area (Å²) in [5.74, 6) is -0.372. The van der Waals surface area contributed by atoms with E-state index in [9.17, 15) is 26.4 Å². The van der Waals surface area contributed by atoms with Crippen LogP contribution in [0.1, 0.15) is 28.2 Å². The molecule has 178 valence electrons. The Labute approximate surface area is 199 Å². The Morgan fingerprint density at radius 3 is 2.20 bits per heavy atom. The summed E-state index contributed by atoms with van der Waals surface area (Å²) in [4.78, 5) is 12.3. The molecule has 1 aliphatic heterocycles. The molecule has 3 aromatic rings. The first kappa shape index (κ1) is 24.0. The zero-order valence-electron chi connectivity index (χ0n) is 17.9. The Hall–Kier alpha value is -4.17. The summed E-state index contributed by atoms with van der Waals surface area (Å²) in [6.45, 7) is 0.0354. The smallest absolute Gasteiger partial charge is 0.246 e. The Bertz CT molecular complexity index is 1410. The van der Waals surface area contributed by atoms with Gasteiger partial charge in [0.1, 0.15) is 0 Å². The van der Waals surface area contributed by atoms with Crippen molar-refractivity contribution in [2.45, 2.75) is 17.0 Å². The number of carbonyl (C=O) groups is 1. The van der Waals surface area contributed by atoms with Gasteiger partial charge in [0.05, 0.1) is 34.3 Å². The molecule has 0 unspecified atom stereocenters. The minimum absolute atomic E-state index is 0.0354. The van der Waals surface area contributed by atoms with Crippen LogP contribution in [-0.4, -0.2) is 31.7 Å². The van der Waals surface area contributed by atoms with Gasteiger partial charge >= 0.3 is 12.2 Å². The number of nitrogens with one attached hydrogen (secondary N) is 1. The number of hydrogen-bond donors (Lipinski definition) is 1. The van der Waals surface area contributed by atoms with Gasteiger partial charge in [0, 0.05) is 5.92 Å². The largest absolute Gasteiger partial charge is 0.416 e. The second-order valence-corrected chi connectivity index (χ2v) is 9.33. The number of halogens is 3. The molecule has 3 aromatic carbocycles. The standard InChI is InChI=1S/C24H17F3N4O3S/c25-24(26,27)19-10-12-20(13-11-19)35(33,34)30-23(32)31-15-21(17-4-2-1-3-5-17)22(29-31)18-8-6-16(14-28)7-9-18/h1-13,21H,15H2,(H,30,32)/t21-/m0/s1. The van der Waals surface area contributed by atoms with Crippen LogP contribution in [0.4, 0.5) is 18.0 Å². The molecule has 0 spiro atoms. The van der Waals surface area contributed by atoms with Gasteiger partial charge in [0.2, 0.25) is 0 Å². The summed E-state index contributed by atoms with van der Waals surface area (Å²) < 4.78 is 65.4. The maximum atomic E-state index is 12.8. The summed E-state index contributed by atoms with van der Waals surface area (Å²) in [6.07, 6.45) is -4.62. The molecule has 0 saturated heterocycles. The van der Waals surface area contributed by atoms with Gasteiger partial charge < -0.3 is 0 Å². The molecule has 0 aliphatic carbocycles. The molecule has 1 N–H and O–H groups in total. The van der Waals surface area contributed by atoms with Crippen LogP contribution < -0.4 is 4.72 Å². The van der Waals surface area contributed by atoms with Crippen LogP contribution in [0, 0.1) is 11.3 Å². The van der Waals surface area contributed by atoms with Gasteiger partial charge in [0.25, 0.3) is 10.0 Å². The first-order chi connectivity index (χ1) is 16.6. The third-order valence-electron chi connectivity index (χ3n) is 5.37. The number of amides is 2. The molecule has 1 aliphatic rings. The molecule has 11 heteroatoms. The normalized spacial score (nSPS) is 15.9. The summed E-state index contributed by atoms with van der Waals surface area (Å²) in [6, 6.07) is 19.6. The van der Waals surface area contributed by atoms with Crippen molar-refractivity contribution in [1.29, 1.82) is 5.26 Å². The lowest BCUT2D eigenvalue weighted by atomic mass is 9.90. The van der Waals surface area contributed by atoms with E-state index in [0.29, 0.717) is 29.0 Å². The number of carbonyl (C=O) groups excluding carboxylic acids is 1. The molecule has 7 nitrogen and oxygen atoms in total. The zero-order valence-corrected chi connectivity index (χ0v) is 18.7. The maximum absolute atomic E-state index is 12.8. The molecule has 0 bridgehead atoms. The van der Waals surface area contributed by atoms with Crippen molar-refractivity contribution < 1.29 is 26.4 Å². The van der Waals surface area contributed by atoms with E-state index in [4.69, 9.17) is 5.26 Å². The van der Waals surface area contributed by atoms with Gasteiger partial charge in [-0.05, 0) is 47.5 Å². The van der Waals surface area contributed by atoms with Crippen LogP contribution >= 0.6 is 0 Å². The van der Waals surface area contributed by atoms with Gasteiger partial charge in [-0.15, -0.1) is 0 Å². The van der Waals surface area contributed by atoms with Gasteiger partial charge in [-0.3, -0.25) is 0 Å². The van der Waals surface area contributed by atoms with Gasteiger partial charge in [-0.2, -0.15) is 23.5 Å². The van der Waals surface area contributed by atoms with E-state index in [1.165, 1.54) is 0 Å². The lowest BCUT2D eigenvalue weighted by Crippen LogP contribution is -2.39. The number of nitriles is 1. The number of hydrogen-bond acceptors (Lipinski definition) is 5. The molecule has 4 rings (SSSR count). The SMILES string of the molecule is N#Cc1ccc(C2=NN(C(=O)NS(=O)(=O)c3ccc(C(F)(F)F)cc3)C[C@H]2c2ccccc2)cc1. The van der Waals surface area contributed by atoms with E-state index >= 15 is 0 Å². The summed E-state index contributed by atoms with van der Waals surface area (Å²) in [7, 11) is -4.45. The monoisotopic (exact) mass is 498 g/mol. The van der Waals surface area contributed by atoms with Crippen molar-refractivity contribution in [3.8, 4) is 6.07 Å². The van der Waals surface area contributed by atoms with Crippen LogP contribution in [0.25, 0.3) is 0 Å². The minimum atomic E-state index is -4.62. The average Bonchev–Trinajstić information content (AvgIpc) is 3.30. The predicted molar refractivity (Wildman–Crippen MR) is 121 cm³/mol. The second kappa shape index (κ2) is 9.23. The number of nitrogens with zero attached hydrogens (tertiary/aromatic N) is 3. The van der Waals surface area contributed by atoms with Crippen LogP contribution in [0.5, 0.6) is 0 Å². The van der Waals surface area contributed by atoms with E-state index < -0.39 is 32.7 Å². The molecule has 2 amide bonds.